The molecule has 2 saturated heterocycles. The SMILES string of the molecule is COc1ccc([C@@H]2[C@@H](CO)OCCN2CC2CCN(C(C)C)CC2)cc1OC. The van der Waals surface area contributed by atoms with E-state index < -0.39 is 0 Å². The lowest BCUT2D eigenvalue weighted by Crippen LogP contribution is -2.49. The summed E-state index contributed by atoms with van der Waals surface area (Å²) in [5.74, 6) is 2.12. The molecule has 0 radical (unpaired) electrons. The highest BCUT2D eigenvalue weighted by Crippen LogP contribution is 2.36. The van der Waals surface area contributed by atoms with E-state index in [-0.39, 0.29) is 18.8 Å². The first kappa shape index (κ1) is 21.4. The number of benzene rings is 1. The lowest BCUT2D eigenvalue weighted by atomic mass is 9.92. The standard InChI is InChI=1S/C22H36N2O4/c1-16(2)23-9-7-17(8-10-23)14-24-11-12-28-21(15-25)22(24)18-5-6-19(26-3)20(13-18)27-4/h5-6,13,16-17,21-22,25H,7-12,14-15H2,1-4H3/t21-,22-/m1/s1. The summed E-state index contributed by atoms with van der Waals surface area (Å²) in [5, 5.41) is 9.96. The molecule has 6 heteroatoms. The van der Waals surface area contributed by atoms with Crippen LogP contribution in [0.25, 0.3) is 0 Å². The van der Waals surface area contributed by atoms with Gasteiger partial charge in [-0.05, 0) is 63.4 Å². The fourth-order valence-corrected chi connectivity index (χ4v) is 4.59. The zero-order valence-corrected chi connectivity index (χ0v) is 17.8. The van der Waals surface area contributed by atoms with E-state index in [4.69, 9.17) is 14.2 Å². The highest BCUT2D eigenvalue weighted by atomic mass is 16.5. The van der Waals surface area contributed by atoms with Gasteiger partial charge in [-0.3, -0.25) is 4.90 Å². The van der Waals surface area contributed by atoms with Crippen LogP contribution in [0.2, 0.25) is 0 Å². The van der Waals surface area contributed by atoms with E-state index in [2.05, 4.69) is 29.7 Å². The number of hydrogen-bond acceptors (Lipinski definition) is 6. The average molecular weight is 393 g/mol. The van der Waals surface area contributed by atoms with Crippen LogP contribution in [0.4, 0.5) is 0 Å². The molecule has 2 atom stereocenters. The lowest BCUT2D eigenvalue weighted by Gasteiger charge is -2.44. The van der Waals surface area contributed by atoms with Crippen LogP contribution in [0.1, 0.15) is 38.3 Å². The normalized spacial score (nSPS) is 25.2. The summed E-state index contributed by atoms with van der Waals surface area (Å²) in [7, 11) is 3.30. The van der Waals surface area contributed by atoms with Crippen molar-refractivity contribution in [2.45, 2.75) is 44.9 Å². The van der Waals surface area contributed by atoms with Crippen molar-refractivity contribution >= 4 is 0 Å². The highest BCUT2D eigenvalue weighted by Gasteiger charge is 2.35. The number of hydrogen-bond donors (Lipinski definition) is 1. The van der Waals surface area contributed by atoms with Crippen molar-refractivity contribution in [2.75, 3.05) is 53.6 Å². The molecule has 2 heterocycles. The predicted octanol–water partition coefficient (Wildman–Crippen LogP) is 2.56. The minimum Gasteiger partial charge on any atom is -0.493 e. The van der Waals surface area contributed by atoms with Crippen molar-refractivity contribution in [1.82, 2.24) is 9.80 Å². The molecule has 0 saturated carbocycles. The Balaban J connectivity index is 1.76. The van der Waals surface area contributed by atoms with Gasteiger partial charge in [-0.2, -0.15) is 0 Å². The third kappa shape index (κ3) is 4.79. The molecule has 6 nitrogen and oxygen atoms in total. The summed E-state index contributed by atoms with van der Waals surface area (Å²) in [6.45, 7) is 9.53. The molecule has 158 valence electrons. The van der Waals surface area contributed by atoms with Gasteiger partial charge in [-0.15, -0.1) is 0 Å². The first-order chi connectivity index (χ1) is 13.6. The number of nitrogens with zero attached hydrogens (tertiary/aromatic N) is 2. The first-order valence-corrected chi connectivity index (χ1v) is 10.5. The van der Waals surface area contributed by atoms with Crippen LogP contribution >= 0.6 is 0 Å². The topological polar surface area (TPSA) is 54.4 Å². The quantitative estimate of drug-likeness (QED) is 0.770. The Hall–Kier alpha value is -1.34. The Bertz CT molecular complexity index is 617. The Morgan fingerprint density at radius 3 is 2.43 bits per heavy atom. The van der Waals surface area contributed by atoms with E-state index in [0.717, 1.165) is 24.4 Å². The summed E-state index contributed by atoms with van der Waals surface area (Å²) in [6.07, 6.45) is 2.25. The van der Waals surface area contributed by atoms with Crippen LogP contribution in [0.5, 0.6) is 11.5 Å². The zero-order chi connectivity index (χ0) is 20.1. The minimum absolute atomic E-state index is 0.0152. The van der Waals surface area contributed by atoms with Gasteiger partial charge in [0.1, 0.15) is 6.10 Å². The van der Waals surface area contributed by atoms with E-state index in [1.807, 2.05) is 12.1 Å². The highest BCUT2D eigenvalue weighted by molar-refractivity contribution is 5.44. The van der Waals surface area contributed by atoms with Crippen molar-refractivity contribution in [3.05, 3.63) is 23.8 Å². The smallest absolute Gasteiger partial charge is 0.161 e. The average Bonchev–Trinajstić information content (AvgIpc) is 2.73. The third-order valence-corrected chi connectivity index (χ3v) is 6.26. The van der Waals surface area contributed by atoms with Gasteiger partial charge in [0, 0.05) is 19.1 Å². The van der Waals surface area contributed by atoms with Crippen LogP contribution in [0.3, 0.4) is 0 Å². The number of aliphatic hydroxyl groups is 1. The van der Waals surface area contributed by atoms with E-state index in [1.165, 1.54) is 25.9 Å². The molecule has 1 aromatic carbocycles. The van der Waals surface area contributed by atoms with Gasteiger partial charge in [0.15, 0.2) is 11.5 Å². The number of ether oxygens (including phenoxy) is 3. The van der Waals surface area contributed by atoms with Crippen molar-refractivity contribution in [3.63, 3.8) is 0 Å². The second-order valence-electron chi connectivity index (χ2n) is 8.22. The maximum absolute atomic E-state index is 9.96. The van der Waals surface area contributed by atoms with Gasteiger partial charge in [0.2, 0.25) is 0 Å². The Morgan fingerprint density at radius 2 is 1.82 bits per heavy atom. The fourth-order valence-electron chi connectivity index (χ4n) is 4.59. The van der Waals surface area contributed by atoms with Crippen molar-refractivity contribution in [2.24, 2.45) is 5.92 Å². The maximum atomic E-state index is 9.96. The Morgan fingerprint density at radius 1 is 1.11 bits per heavy atom. The maximum Gasteiger partial charge on any atom is 0.161 e. The van der Waals surface area contributed by atoms with E-state index in [1.54, 1.807) is 14.2 Å². The molecule has 0 bridgehead atoms. The number of piperidine rings is 1. The molecule has 3 rings (SSSR count). The zero-order valence-electron chi connectivity index (χ0n) is 17.8. The molecule has 0 aliphatic carbocycles. The molecule has 0 spiro atoms. The molecule has 1 aromatic rings. The largest absolute Gasteiger partial charge is 0.493 e. The van der Waals surface area contributed by atoms with Crippen LogP contribution in [-0.2, 0) is 4.74 Å². The summed E-state index contributed by atoms with van der Waals surface area (Å²) >= 11 is 0. The third-order valence-electron chi connectivity index (χ3n) is 6.26. The Labute approximate surface area is 169 Å². The van der Waals surface area contributed by atoms with Crippen LogP contribution in [0, 0.1) is 5.92 Å². The molecule has 28 heavy (non-hydrogen) atoms. The van der Waals surface area contributed by atoms with Gasteiger partial charge in [-0.25, -0.2) is 0 Å². The predicted molar refractivity (Wildman–Crippen MR) is 110 cm³/mol. The lowest BCUT2D eigenvalue weighted by molar-refractivity contribution is -0.0985. The van der Waals surface area contributed by atoms with Gasteiger partial charge >= 0.3 is 0 Å². The number of methoxy groups -OCH3 is 2. The number of morpholine rings is 1. The van der Waals surface area contributed by atoms with E-state index >= 15 is 0 Å². The molecular weight excluding hydrogens is 356 g/mol. The Kier molecular flexibility index (Phi) is 7.57. The molecule has 0 unspecified atom stereocenters. The minimum atomic E-state index is -0.220. The molecule has 2 aliphatic rings. The molecule has 0 aromatic heterocycles. The van der Waals surface area contributed by atoms with Crippen LogP contribution in [-0.4, -0.2) is 80.7 Å². The summed E-state index contributed by atoms with van der Waals surface area (Å²) in [6, 6.07) is 6.69. The van der Waals surface area contributed by atoms with Crippen LogP contribution in [0.15, 0.2) is 18.2 Å². The second-order valence-corrected chi connectivity index (χ2v) is 8.22. The van der Waals surface area contributed by atoms with Gasteiger partial charge in [0.25, 0.3) is 0 Å². The molecule has 2 fully saturated rings. The van der Waals surface area contributed by atoms with Crippen molar-refractivity contribution in [1.29, 1.82) is 0 Å². The second kappa shape index (κ2) is 9.92. The van der Waals surface area contributed by atoms with E-state index in [0.29, 0.717) is 24.3 Å². The summed E-state index contributed by atoms with van der Waals surface area (Å²) < 4.78 is 16.8. The van der Waals surface area contributed by atoms with Gasteiger partial charge in [0.05, 0.1) is 33.5 Å². The number of likely N-dealkylation sites (tertiary alicyclic amines) is 1. The monoisotopic (exact) mass is 392 g/mol. The molecule has 0 amide bonds. The number of rotatable bonds is 7. The fraction of sp³-hybridized carbons (Fsp3) is 0.727. The molecule has 2 aliphatic heterocycles. The van der Waals surface area contributed by atoms with Gasteiger partial charge in [-0.1, -0.05) is 6.07 Å². The number of aliphatic hydroxyl groups excluding tert-OH is 1. The van der Waals surface area contributed by atoms with Gasteiger partial charge < -0.3 is 24.2 Å². The summed E-state index contributed by atoms with van der Waals surface area (Å²) in [4.78, 5) is 5.07. The molecular formula is C22H36N2O4. The van der Waals surface area contributed by atoms with E-state index in [9.17, 15) is 5.11 Å². The first-order valence-electron chi connectivity index (χ1n) is 10.5. The van der Waals surface area contributed by atoms with Crippen LogP contribution < -0.4 is 9.47 Å². The molecule has 1 N–H and O–H groups in total. The van der Waals surface area contributed by atoms with Crippen molar-refractivity contribution < 1.29 is 19.3 Å². The van der Waals surface area contributed by atoms with Crippen molar-refractivity contribution in [3.8, 4) is 11.5 Å². The summed E-state index contributed by atoms with van der Waals surface area (Å²) in [5.41, 5.74) is 1.11.